The van der Waals surface area contributed by atoms with Gasteiger partial charge in [-0.3, -0.25) is 9.78 Å². The van der Waals surface area contributed by atoms with Gasteiger partial charge in [0.25, 0.3) is 0 Å². The summed E-state index contributed by atoms with van der Waals surface area (Å²) in [6.45, 7) is 5.82. The first kappa shape index (κ1) is 15.7. The molecule has 1 aliphatic heterocycles. The van der Waals surface area contributed by atoms with Gasteiger partial charge in [-0.05, 0) is 55.7 Å². The van der Waals surface area contributed by atoms with Crippen molar-refractivity contribution in [1.29, 1.82) is 0 Å². The fourth-order valence-electron chi connectivity index (χ4n) is 2.97. The lowest BCUT2D eigenvalue weighted by Crippen LogP contribution is -2.23. The molecule has 1 fully saturated rings. The fraction of sp³-hybridized carbons (Fsp3) is 0.368. The van der Waals surface area contributed by atoms with E-state index in [-0.39, 0.29) is 11.9 Å². The predicted octanol–water partition coefficient (Wildman–Crippen LogP) is 3.37. The first-order valence-electron chi connectivity index (χ1n) is 8.19. The number of carbonyl (C=O) groups is 1. The normalized spacial score (nSPS) is 15.9. The van der Waals surface area contributed by atoms with Crippen LogP contribution in [0.15, 0.2) is 42.6 Å². The lowest BCUT2D eigenvalue weighted by molar-refractivity contribution is -0.117. The van der Waals surface area contributed by atoms with Crippen LogP contribution in [-0.2, 0) is 11.3 Å². The monoisotopic (exact) mass is 309 g/mol. The molecule has 1 N–H and O–H groups in total. The Morgan fingerprint density at radius 2 is 2.04 bits per heavy atom. The van der Waals surface area contributed by atoms with Gasteiger partial charge in [0.05, 0.1) is 0 Å². The zero-order valence-electron chi connectivity index (χ0n) is 13.7. The van der Waals surface area contributed by atoms with E-state index >= 15 is 0 Å². The molecule has 1 saturated heterocycles. The number of aryl methyl sites for hydroxylation is 1. The number of benzene rings is 1. The SMILES string of the molecule is Cc1cc(CNC(C)c2ccc(N3CCCC3=O)cc2)ccn1. The second-order valence-electron chi connectivity index (χ2n) is 6.15. The zero-order chi connectivity index (χ0) is 16.2. The van der Waals surface area contributed by atoms with Crippen LogP contribution in [0.2, 0.25) is 0 Å². The Labute approximate surface area is 137 Å². The van der Waals surface area contributed by atoms with Crippen LogP contribution < -0.4 is 10.2 Å². The second-order valence-corrected chi connectivity index (χ2v) is 6.15. The number of hydrogen-bond donors (Lipinski definition) is 1. The lowest BCUT2D eigenvalue weighted by atomic mass is 10.1. The highest BCUT2D eigenvalue weighted by atomic mass is 16.2. The highest BCUT2D eigenvalue weighted by Crippen LogP contribution is 2.23. The maximum absolute atomic E-state index is 11.8. The van der Waals surface area contributed by atoms with Crippen molar-refractivity contribution in [3.8, 4) is 0 Å². The van der Waals surface area contributed by atoms with E-state index in [0.29, 0.717) is 6.42 Å². The van der Waals surface area contributed by atoms with Crippen LogP contribution in [0.4, 0.5) is 5.69 Å². The molecule has 0 saturated carbocycles. The second kappa shape index (κ2) is 6.92. The summed E-state index contributed by atoms with van der Waals surface area (Å²) in [6, 6.07) is 12.7. The quantitative estimate of drug-likeness (QED) is 0.921. The predicted molar refractivity (Wildman–Crippen MR) is 92.3 cm³/mol. The van der Waals surface area contributed by atoms with E-state index in [2.05, 4.69) is 35.4 Å². The summed E-state index contributed by atoms with van der Waals surface area (Å²) in [6.07, 6.45) is 3.48. The summed E-state index contributed by atoms with van der Waals surface area (Å²) in [7, 11) is 0. The van der Waals surface area contributed by atoms with Crippen molar-refractivity contribution < 1.29 is 4.79 Å². The summed E-state index contributed by atoms with van der Waals surface area (Å²) in [5, 5.41) is 3.53. The summed E-state index contributed by atoms with van der Waals surface area (Å²) in [5.74, 6) is 0.233. The van der Waals surface area contributed by atoms with Gasteiger partial charge in [-0.2, -0.15) is 0 Å². The summed E-state index contributed by atoms with van der Waals surface area (Å²) in [5.41, 5.74) is 4.51. The van der Waals surface area contributed by atoms with Crippen LogP contribution >= 0.6 is 0 Å². The molecule has 1 aromatic heterocycles. The highest BCUT2D eigenvalue weighted by molar-refractivity contribution is 5.95. The number of nitrogens with one attached hydrogen (secondary N) is 1. The Morgan fingerprint density at radius 1 is 1.26 bits per heavy atom. The van der Waals surface area contributed by atoms with Crippen LogP contribution in [-0.4, -0.2) is 17.4 Å². The first-order chi connectivity index (χ1) is 11.1. The molecular formula is C19H23N3O. The molecule has 1 aromatic carbocycles. The standard InChI is InChI=1S/C19H23N3O/c1-14-12-16(9-10-20-14)13-21-15(2)17-5-7-18(8-6-17)22-11-3-4-19(22)23/h5-10,12,15,21H,3-4,11,13H2,1-2H3. The van der Waals surface area contributed by atoms with Crippen molar-refractivity contribution in [2.75, 3.05) is 11.4 Å². The molecule has 2 aromatic rings. The van der Waals surface area contributed by atoms with Crippen molar-refractivity contribution in [2.24, 2.45) is 0 Å². The lowest BCUT2D eigenvalue weighted by Gasteiger charge is -2.18. The van der Waals surface area contributed by atoms with Crippen LogP contribution in [0.3, 0.4) is 0 Å². The topological polar surface area (TPSA) is 45.2 Å². The van der Waals surface area contributed by atoms with Crippen molar-refractivity contribution in [3.63, 3.8) is 0 Å². The minimum Gasteiger partial charge on any atom is -0.312 e. The molecule has 3 rings (SSSR count). The Balaban J connectivity index is 1.61. The Bertz CT molecular complexity index is 681. The number of anilines is 1. The van der Waals surface area contributed by atoms with Gasteiger partial charge in [0.2, 0.25) is 5.91 Å². The van der Waals surface area contributed by atoms with Crippen LogP contribution in [0.1, 0.15) is 42.6 Å². The third kappa shape index (κ3) is 3.77. The molecule has 23 heavy (non-hydrogen) atoms. The molecule has 0 spiro atoms. The molecule has 0 radical (unpaired) electrons. The molecule has 4 nitrogen and oxygen atoms in total. The smallest absolute Gasteiger partial charge is 0.227 e. The number of hydrogen-bond acceptors (Lipinski definition) is 3. The number of amides is 1. The molecule has 2 heterocycles. The van der Waals surface area contributed by atoms with Crippen molar-refractivity contribution in [3.05, 3.63) is 59.4 Å². The van der Waals surface area contributed by atoms with E-state index < -0.39 is 0 Å². The zero-order valence-corrected chi connectivity index (χ0v) is 13.7. The highest BCUT2D eigenvalue weighted by Gasteiger charge is 2.21. The molecule has 120 valence electrons. The molecule has 1 unspecified atom stereocenters. The van der Waals surface area contributed by atoms with Gasteiger partial charge in [-0.1, -0.05) is 12.1 Å². The van der Waals surface area contributed by atoms with Crippen LogP contribution in [0.25, 0.3) is 0 Å². The maximum Gasteiger partial charge on any atom is 0.227 e. The van der Waals surface area contributed by atoms with Crippen molar-refractivity contribution in [2.45, 2.75) is 39.3 Å². The maximum atomic E-state index is 11.8. The average molecular weight is 309 g/mol. The van der Waals surface area contributed by atoms with Crippen LogP contribution in [0, 0.1) is 6.92 Å². The van der Waals surface area contributed by atoms with E-state index in [1.54, 1.807) is 0 Å². The van der Waals surface area contributed by atoms with Gasteiger partial charge in [0, 0.05) is 43.1 Å². The molecule has 0 aliphatic carbocycles. The van der Waals surface area contributed by atoms with Gasteiger partial charge in [-0.25, -0.2) is 0 Å². The fourth-order valence-corrected chi connectivity index (χ4v) is 2.97. The van der Waals surface area contributed by atoms with Crippen LogP contribution in [0.5, 0.6) is 0 Å². The summed E-state index contributed by atoms with van der Waals surface area (Å²) >= 11 is 0. The molecule has 1 aliphatic rings. The Hall–Kier alpha value is -2.20. The van der Waals surface area contributed by atoms with Gasteiger partial charge in [0.1, 0.15) is 0 Å². The number of rotatable bonds is 5. The molecule has 4 heteroatoms. The average Bonchev–Trinajstić information content (AvgIpc) is 2.99. The minimum absolute atomic E-state index is 0.233. The Kier molecular flexibility index (Phi) is 4.72. The van der Waals surface area contributed by atoms with Crippen molar-refractivity contribution in [1.82, 2.24) is 10.3 Å². The van der Waals surface area contributed by atoms with Gasteiger partial charge < -0.3 is 10.2 Å². The van der Waals surface area contributed by atoms with E-state index in [1.807, 2.05) is 36.2 Å². The number of carbonyl (C=O) groups excluding carboxylic acids is 1. The van der Waals surface area contributed by atoms with Gasteiger partial charge in [0.15, 0.2) is 0 Å². The van der Waals surface area contributed by atoms with Gasteiger partial charge in [-0.15, -0.1) is 0 Å². The van der Waals surface area contributed by atoms with E-state index in [1.165, 1.54) is 11.1 Å². The number of nitrogens with zero attached hydrogens (tertiary/aromatic N) is 2. The van der Waals surface area contributed by atoms with Crippen molar-refractivity contribution >= 4 is 11.6 Å². The van der Waals surface area contributed by atoms with E-state index in [0.717, 1.165) is 30.9 Å². The van der Waals surface area contributed by atoms with E-state index in [9.17, 15) is 4.79 Å². The third-order valence-corrected chi connectivity index (χ3v) is 4.35. The molecular weight excluding hydrogens is 286 g/mol. The van der Waals surface area contributed by atoms with E-state index in [4.69, 9.17) is 0 Å². The molecule has 1 atom stereocenters. The summed E-state index contributed by atoms with van der Waals surface area (Å²) < 4.78 is 0. The number of aromatic nitrogens is 1. The first-order valence-corrected chi connectivity index (χ1v) is 8.19. The summed E-state index contributed by atoms with van der Waals surface area (Å²) in [4.78, 5) is 17.9. The molecule has 1 amide bonds. The van der Waals surface area contributed by atoms with Gasteiger partial charge >= 0.3 is 0 Å². The minimum atomic E-state index is 0.233. The largest absolute Gasteiger partial charge is 0.312 e. The Morgan fingerprint density at radius 3 is 2.70 bits per heavy atom. The third-order valence-electron chi connectivity index (χ3n) is 4.35. The molecule has 0 bridgehead atoms. The number of pyridine rings is 1.